The Morgan fingerprint density at radius 3 is 2.44 bits per heavy atom. The molecule has 1 heterocycles. The zero-order valence-corrected chi connectivity index (χ0v) is 18.9. The molecule has 0 bridgehead atoms. The minimum atomic E-state index is -0.540. The molecule has 7 nitrogen and oxygen atoms in total. The molecule has 32 heavy (non-hydrogen) atoms. The molecule has 0 aliphatic carbocycles. The molecule has 0 aliphatic heterocycles. The van der Waals surface area contributed by atoms with Gasteiger partial charge in [-0.1, -0.05) is 30.3 Å². The van der Waals surface area contributed by atoms with Gasteiger partial charge in [-0.3, -0.25) is 10.1 Å². The summed E-state index contributed by atoms with van der Waals surface area (Å²) in [7, 11) is 1.27. The van der Waals surface area contributed by atoms with Gasteiger partial charge in [0.25, 0.3) is 5.91 Å². The van der Waals surface area contributed by atoms with Crippen LogP contribution in [0.3, 0.4) is 0 Å². The number of thiocarbonyl (C=S) groups is 1. The molecule has 3 aromatic rings. The Hall–Kier alpha value is -3.74. The maximum absolute atomic E-state index is 12.5. The summed E-state index contributed by atoms with van der Waals surface area (Å²) in [5.74, 6) is -0.326. The molecular formula is C23H19N3O4S2. The highest BCUT2D eigenvalue weighted by atomic mass is 32.1. The first kappa shape index (κ1) is 22.9. The van der Waals surface area contributed by atoms with E-state index < -0.39 is 11.9 Å². The fourth-order valence-corrected chi connectivity index (χ4v) is 4.12. The lowest BCUT2D eigenvalue weighted by Gasteiger charge is -2.10. The summed E-state index contributed by atoms with van der Waals surface area (Å²) in [5, 5.41) is 15.2. The number of nitrogens with zero attached hydrogens (tertiary/aromatic N) is 1. The summed E-state index contributed by atoms with van der Waals surface area (Å²) in [6.07, 6.45) is 0. The second-order valence-electron chi connectivity index (χ2n) is 6.57. The van der Waals surface area contributed by atoms with E-state index in [1.165, 1.54) is 7.11 Å². The van der Waals surface area contributed by atoms with E-state index in [2.05, 4.69) is 10.6 Å². The molecule has 2 N–H and O–H groups in total. The number of carbonyl (C=O) groups is 2. The van der Waals surface area contributed by atoms with Crippen molar-refractivity contribution in [2.75, 3.05) is 12.4 Å². The van der Waals surface area contributed by atoms with E-state index >= 15 is 0 Å². The van der Waals surface area contributed by atoms with Gasteiger partial charge >= 0.3 is 5.97 Å². The number of amides is 1. The maximum atomic E-state index is 12.5. The van der Waals surface area contributed by atoms with Crippen LogP contribution in [0.2, 0.25) is 0 Å². The normalized spacial score (nSPS) is 10.0. The number of esters is 1. The largest absolute Gasteiger partial charge is 0.489 e. The lowest BCUT2D eigenvalue weighted by molar-refractivity contribution is 0.0605. The Labute approximate surface area is 194 Å². The molecule has 0 spiro atoms. The van der Waals surface area contributed by atoms with Crippen LogP contribution in [-0.2, 0) is 11.3 Å². The van der Waals surface area contributed by atoms with E-state index in [1.807, 2.05) is 36.4 Å². The van der Waals surface area contributed by atoms with Crippen LogP contribution >= 0.6 is 23.6 Å². The monoisotopic (exact) mass is 465 g/mol. The number of rotatable bonds is 6. The first-order valence-electron chi connectivity index (χ1n) is 9.44. The summed E-state index contributed by atoms with van der Waals surface area (Å²) in [6, 6.07) is 18.5. The SMILES string of the molecule is COC(=O)c1sc(NC(=S)NC(=O)c2ccc(OCc3ccccc3)cc2)c(C#N)c1C. The minimum absolute atomic E-state index is 0.00794. The van der Waals surface area contributed by atoms with Crippen LogP contribution in [0.4, 0.5) is 5.00 Å². The Morgan fingerprint density at radius 1 is 1.12 bits per heavy atom. The third-order valence-electron chi connectivity index (χ3n) is 4.45. The number of ether oxygens (including phenoxy) is 2. The number of hydrogen-bond acceptors (Lipinski definition) is 7. The van der Waals surface area contributed by atoms with Crippen LogP contribution in [0, 0.1) is 18.3 Å². The molecule has 0 aliphatic rings. The van der Waals surface area contributed by atoms with Crippen LogP contribution in [0.25, 0.3) is 0 Å². The highest BCUT2D eigenvalue weighted by Crippen LogP contribution is 2.32. The van der Waals surface area contributed by atoms with E-state index in [9.17, 15) is 14.9 Å². The Balaban J connectivity index is 1.60. The third-order valence-corrected chi connectivity index (χ3v) is 5.84. The average molecular weight is 466 g/mol. The Kier molecular flexibility index (Phi) is 7.54. The van der Waals surface area contributed by atoms with E-state index in [4.69, 9.17) is 21.7 Å². The lowest BCUT2D eigenvalue weighted by Crippen LogP contribution is -2.34. The third kappa shape index (κ3) is 5.49. The van der Waals surface area contributed by atoms with Gasteiger partial charge in [-0.15, -0.1) is 11.3 Å². The minimum Gasteiger partial charge on any atom is -0.489 e. The summed E-state index contributed by atoms with van der Waals surface area (Å²) in [4.78, 5) is 24.7. The summed E-state index contributed by atoms with van der Waals surface area (Å²) in [6.45, 7) is 2.07. The number of hydrogen-bond donors (Lipinski definition) is 2. The number of benzene rings is 2. The molecule has 3 rings (SSSR count). The highest BCUT2D eigenvalue weighted by Gasteiger charge is 2.21. The molecule has 1 amide bonds. The van der Waals surface area contributed by atoms with Gasteiger partial charge in [0.1, 0.15) is 28.3 Å². The molecule has 9 heteroatoms. The van der Waals surface area contributed by atoms with Crippen LogP contribution < -0.4 is 15.4 Å². The van der Waals surface area contributed by atoms with Crippen molar-refractivity contribution in [2.24, 2.45) is 0 Å². The van der Waals surface area contributed by atoms with Crippen molar-refractivity contribution >= 4 is 45.5 Å². The molecule has 0 unspecified atom stereocenters. The number of methoxy groups -OCH3 is 1. The summed E-state index contributed by atoms with van der Waals surface area (Å²) in [5.41, 5.74) is 2.19. The standard InChI is InChI=1S/C23H19N3O4S2/c1-14-18(12-24)21(32-19(14)22(28)29-2)26-23(31)25-20(27)16-8-10-17(11-9-16)30-13-15-6-4-3-5-7-15/h3-11H,13H2,1-2H3,(H2,25,26,27,31). The van der Waals surface area contributed by atoms with Crippen molar-refractivity contribution in [1.82, 2.24) is 5.32 Å². The molecule has 0 fully saturated rings. The van der Waals surface area contributed by atoms with E-state index in [0.717, 1.165) is 16.9 Å². The predicted octanol–water partition coefficient (Wildman–Crippen LogP) is 4.42. The summed E-state index contributed by atoms with van der Waals surface area (Å²) < 4.78 is 10.4. The second-order valence-corrected chi connectivity index (χ2v) is 8.00. The van der Waals surface area contributed by atoms with Gasteiger partial charge in [-0.2, -0.15) is 5.26 Å². The van der Waals surface area contributed by atoms with Crippen molar-refractivity contribution in [3.63, 3.8) is 0 Å². The fourth-order valence-electron chi connectivity index (χ4n) is 2.78. The zero-order chi connectivity index (χ0) is 23.1. The number of nitrogens with one attached hydrogen (secondary N) is 2. The molecular weight excluding hydrogens is 446 g/mol. The predicted molar refractivity (Wildman–Crippen MR) is 126 cm³/mol. The van der Waals surface area contributed by atoms with E-state index in [0.29, 0.717) is 33.4 Å². The molecule has 0 radical (unpaired) electrons. The molecule has 2 aromatic carbocycles. The Morgan fingerprint density at radius 2 is 1.81 bits per heavy atom. The average Bonchev–Trinajstić information content (AvgIpc) is 3.12. The molecule has 0 saturated carbocycles. The van der Waals surface area contributed by atoms with Crippen molar-refractivity contribution in [3.05, 3.63) is 81.7 Å². The van der Waals surface area contributed by atoms with Crippen LogP contribution in [0.15, 0.2) is 54.6 Å². The zero-order valence-electron chi connectivity index (χ0n) is 17.3. The van der Waals surface area contributed by atoms with Gasteiger partial charge in [0.15, 0.2) is 5.11 Å². The van der Waals surface area contributed by atoms with Crippen LogP contribution in [0.5, 0.6) is 5.75 Å². The summed E-state index contributed by atoms with van der Waals surface area (Å²) >= 11 is 6.24. The quantitative estimate of drug-likeness (QED) is 0.410. The van der Waals surface area contributed by atoms with E-state index in [1.54, 1.807) is 31.2 Å². The van der Waals surface area contributed by atoms with E-state index in [-0.39, 0.29) is 10.7 Å². The number of carbonyl (C=O) groups excluding carboxylic acids is 2. The van der Waals surface area contributed by atoms with Crippen molar-refractivity contribution in [2.45, 2.75) is 13.5 Å². The number of thiophene rings is 1. The first-order chi connectivity index (χ1) is 15.4. The van der Waals surface area contributed by atoms with Gasteiger partial charge in [0.2, 0.25) is 0 Å². The van der Waals surface area contributed by atoms with Gasteiger partial charge in [-0.05, 0) is 54.5 Å². The van der Waals surface area contributed by atoms with Crippen LogP contribution in [0.1, 0.15) is 36.7 Å². The Bertz CT molecular complexity index is 1180. The maximum Gasteiger partial charge on any atom is 0.348 e. The topological polar surface area (TPSA) is 100 Å². The smallest absolute Gasteiger partial charge is 0.348 e. The molecule has 0 atom stereocenters. The van der Waals surface area contributed by atoms with Crippen molar-refractivity contribution < 1.29 is 19.1 Å². The fraction of sp³-hybridized carbons (Fsp3) is 0.130. The number of nitriles is 1. The van der Waals surface area contributed by atoms with Gasteiger partial charge in [0, 0.05) is 5.56 Å². The lowest BCUT2D eigenvalue weighted by atomic mass is 10.2. The highest BCUT2D eigenvalue weighted by molar-refractivity contribution is 7.80. The second kappa shape index (κ2) is 10.5. The van der Waals surface area contributed by atoms with Gasteiger partial charge in [-0.25, -0.2) is 4.79 Å². The molecule has 162 valence electrons. The van der Waals surface area contributed by atoms with Crippen molar-refractivity contribution in [1.29, 1.82) is 5.26 Å². The van der Waals surface area contributed by atoms with Crippen molar-refractivity contribution in [3.8, 4) is 11.8 Å². The molecule has 1 aromatic heterocycles. The van der Waals surface area contributed by atoms with Crippen LogP contribution in [-0.4, -0.2) is 24.1 Å². The first-order valence-corrected chi connectivity index (χ1v) is 10.7. The number of anilines is 1. The van der Waals surface area contributed by atoms with Gasteiger partial charge < -0.3 is 14.8 Å². The van der Waals surface area contributed by atoms with Gasteiger partial charge in [0.05, 0.1) is 12.7 Å². The molecule has 0 saturated heterocycles.